The first-order valence-electron chi connectivity index (χ1n) is 8.09. The molecule has 0 saturated heterocycles. The standard InChI is InChI=1S/C18H24O3/c1-11-9-18(21)17(20)4-2-3-16-14(11)7-5-12-10-13(19)6-8-15(12)16/h6,8,10-11,14,16,18-19,21H,2-5,7,9H2,1H3/t11-,14-,16-,18-/m0/s1. The maximum Gasteiger partial charge on any atom is 0.161 e. The van der Waals surface area contributed by atoms with Gasteiger partial charge < -0.3 is 10.2 Å². The Morgan fingerprint density at radius 1 is 1.19 bits per heavy atom. The second-order valence-electron chi connectivity index (χ2n) is 6.78. The molecule has 0 spiro atoms. The number of Topliss-reactive ketones (excluding diaryl/α,β-unsaturated/α-hetero) is 1. The molecule has 2 N–H and O–H groups in total. The summed E-state index contributed by atoms with van der Waals surface area (Å²) in [5, 5.41) is 19.7. The molecule has 0 amide bonds. The van der Waals surface area contributed by atoms with Crippen molar-refractivity contribution in [2.75, 3.05) is 0 Å². The van der Waals surface area contributed by atoms with Crippen LogP contribution in [0.2, 0.25) is 0 Å². The number of fused-ring (bicyclic) bond motifs is 3. The first-order valence-corrected chi connectivity index (χ1v) is 8.09. The van der Waals surface area contributed by atoms with Gasteiger partial charge in [0.2, 0.25) is 0 Å². The molecular formula is C18H24O3. The van der Waals surface area contributed by atoms with Gasteiger partial charge in [-0.05, 0) is 73.1 Å². The molecule has 0 unspecified atom stereocenters. The lowest BCUT2D eigenvalue weighted by atomic mass is 9.68. The van der Waals surface area contributed by atoms with Gasteiger partial charge in [-0.2, -0.15) is 0 Å². The molecule has 4 atom stereocenters. The number of carbonyl (C=O) groups excluding carboxylic acids is 1. The maximum atomic E-state index is 11.9. The number of phenolic OH excluding ortho intramolecular Hbond substituents is 1. The van der Waals surface area contributed by atoms with Gasteiger partial charge in [-0.3, -0.25) is 4.79 Å². The van der Waals surface area contributed by atoms with Crippen LogP contribution < -0.4 is 0 Å². The lowest BCUT2D eigenvalue weighted by Crippen LogP contribution is -2.29. The summed E-state index contributed by atoms with van der Waals surface area (Å²) in [6.07, 6.45) is 4.23. The van der Waals surface area contributed by atoms with Crippen LogP contribution in [0.5, 0.6) is 5.75 Å². The van der Waals surface area contributed by atoms with Gasteiger partial charge in [-0.15, -0.1) is 0 Å². The summed E-state index contributed by atoms with van der Waals surface area (Å²) >= 11 is 0. The molecule has 3 rings (SSSR count). The summed E-state index contributed by atoms with van der Waals surface area (Å²) in [4.78, 5) is 11.9. The monoisotopic (exact) mass is 288 g/mol. The number of phenols is 1. The largest absolute Gasteiger partial charge is 0.508 e. The number of hydrogen-bond donors (Lipinski definition) is 2. The van der Waals surface area contributed by atoms with E-state index in [1.165, 1.54) is 11.1 Å². The van der Waals surface area contributed by atoms with Gasteiger partial charge in [0.1, 0.15) is 11.9 Å². The summed E-state index contributed by atoms with van der Waals surface area (Å²) < 4.78 is 0. The third kappa shape index (κ3) is 2.84. The summed E-state index contributed by atoms with van der Waals surface area (Å²) in [5.74, 6) is 1.69. The highest BCUT2D eigenvalue weighted by Crippen LogP contribution is 2.45. The average Bonchev–Trinajstić information content (AvgIpc) is 2.50. The molecule has 21 heavy (non-hydrogen) atoms. The molecule has 2 aliphatic carbocycles. The van der Waals surface area contributed by atoms with Gasteiger partial charge in [0, 0.05) is 6.42 Å². The molecule has 0 radical (unpaired) electrons. The zero-order chi connectivity index (χ0) is 15.0. The topological polar surface area (TPSA) is 57.5 Å². The second kappa shape index (κ2) is 5.80. The van der Waals surface area contributed by atoms with E-state index in [1.54, 1.807) is 6.07 Å². The molecule has 0 aliphatic heterocycles. The number of rotatable bonds is 0. The van der Waals surface area contributed by atoms with Gasteiger partial charge in [0.25, 0.3) is 0 Å². The molecule has 1 aromatic carbocycles. The van der Waals surface area contributed by atoms with E-state index >= 15 is 0 Å². The average molecular weight is 288 g/mol. The Bertz CT molecular complexity index is 537. The van der Waals surface area contributed by atoms with Crippen LogP contribution in [-0.4, -0.2) is 22.1 Å². The molecule has 1 fully saturated rings. The van der Waals surface area contributed by atoms with Crippen molar-refractivity contribution in [1.29, 1.82) is 0 Å². The highest BCUT2D eigenvalue weighted by atomic mass is 16.3. The fraction of sp³-hybridized carbons (Fsp3) is 0.611. The highest BCUT2D eigenvalue weighted by Gasteiger charge is 2.35. The summed E-state index contributed by atoms with van der Waals surface area (Å²) in [5.41, 5.74) is 2.61. The van der Waals surface area contributed by atoms with Gasteiger partial charge in [0.15, 0.2) is 5.78 Å². The molecule has 0 bridgehead atoms. The fourth-order valence-corrected chi connectivity index (χ4v) is 4.30. The molecule has 114 valence electrons. The van der Waals surface area contributed by atoms with Crippen LogP contribution in [0.3, 0.4) is 0 Å². The van der Waals surface area contributed by atoms with Crippen molar-refractivity contribution in [2.24, 2.45) is 11.8 Å². The number of benzene rings is 1. The van der Waals surface area contributed by atoms with Gasteiger partial charge in [-0.1, -0.05) is 13.0 Å². The van der Waals surface area contributed by atoms with E-state index in [2.05, 4.69) is 13.0 Å². The second-order valence-corrected chi connectivity index (χ2v) is 6.78. The van der Waals surface area contributed by atoms with Crippen LogP contribution in [0.15, 0.2) is 18.2 Å². The Morgan fingerprint density at radius 2 is 2.00 bits per heavy atom. The van der Waals surface area contributed by atoms with Crippen LogP contribution in [0, 0.1) is 11.8 Å². The van der Waals surface area contributed by atoms with Crippen LogP contribution in [0.25, 0.3) is 0 Å². The smallest absolute Gasteiger partial charge is 0.161 e. The zero-order valence-corrected chi connectivity index (χ0v) is 12.6. The predicted octanol–water partition coefficient (Wildman–Crippen LogP) is 3.18. The number of aliphatic hydroxyl groups is 1. The fourth-order valence-electron chi connectivity index (χ4n) is 4.30. The highest BCUT2D eigenvalue weighted by molar-refractivity contribution is 5.82. The quantitative estimate of drug-likeness (QED) is 0.771. The van der Waals surface area contributed by atoms with Crippen molar-refractivity contribution in [3.8, 4) is 5.75 Å². The van der Waals surface area contributed by atoms with Crippen LogP contribution in [0.1, 0.15) is 56.1 Å². The van der Waals surface area contributed by atoms with E-state index in [0.717, 1.165) is 25.7 Å². The van der Waals surface area contributed by atoms with E-state index in [9.17, 15) is 15.0 Å². The Labute approximate surface area is 126 Å². The SMILES string of the molecule is C[C@H]1C[C@H](O)C(=O)CCC[C@@H]2c3ccc(O)cc3CC[C@H]21. The predicted molar refractivity (Wildman–Crippen MR) is 81.3 cm³/mol. The lowest BCUT2D eigenvalue weighted by Gasteiger charge is -2.37. The van der Waals surface area contributed by atoms with Crippen LogP contribution in [-0.2, 0) is 11.2 Å². The first-order chi connectivity index (χ1) is 10.1. The van der Waals surface area contributed by atoms with Gasteiger partial charge in [0.05, 0.1) is 0 Å². The Hall–Kier alpha value is -1.35. The molecular weight excluding hydrogens is 264 g/mol. The molecule has 1 saturated carbocycles. The number of ketones is 1. The summed E-state index contributed by atoms with van der Waals surface area (Å²) in [7, 11) is 0. The van der Waals surface area contributed by atoms with E-state index in [0.29, 0.717) is 36.3 Å². The van der Waals surface area contributed by atoms with Crippen molar-refractivity contribution in [2.45, 2.75) is 57.5 Å². The minimum Gasteiger partial charge on any atom is -0.508 e. The van der Waals surface area contributed by atoms with Crippen LogP contribution in [0.4, 0.5) is 0 Å². The van der Waals surface area contributed by atoms with E-state index in [-0.39, 0.29) is 5.78 Å². The zero-order valence-electron chi connectivity index (χ0n) is 12.6. The Morgan fingerprint density at radius 3 is 2.81 bits per heavy atom. The van der Waals surface area contributed by atoms with E-state index in [1.807, 2.05) is 6.07 Å². The minimum atomic E-state index is -0.778. The number of aryl methyl sites for hydroxylation is 1. The van der Waals surface area contributed by atoms with Crippen molar-refractivity contribution in [1.82, 2.24) is 0 Å². The van der Waals surface area contributed by atoms with Crippen molar-refractivity contribution in [3.63, 3.8) is 0 Å². The Balaban J connectivity index is 1.92. The molecule has 0 aromatic heterocycles. The number of aromatic hydroxyl groups is 1. The lowest BCUT2D eigenvalue weighted by molar-refractivity contribution is -0.128. The normalized spacial score (nSPS) is 33.3. The van der Waals surface area contributed by atoms with Gasteiger partial charge in [-0.25, -0.2) is 0 Å². The van der Waals surface area contributed by atoms with E-state index in [4.69, 9.17) is 0 Å². The van der Waals surface area contributed by atoms with E-state index < -0.39 is 6.10 Å². The number of aliphatic hydroxyl groups excluding tert-OH is 1. The van der Waals surface area contributed by atoms with Gasteiger partial charge >= 0.3 is 0 Å². The first kappa shape index (κ1) is 14.6. The van der Waals surface area contributed by atoms with Crippen molar-refractivity contribution < 1.29 is 15.0 Å². The molecule has 2 aliphatic rings. The number of carbonyl (C=O) groups is 1. The third-order valence-electron chi connectivity index (χ3n) is 5.43. The summed E-state index contributed by atoms with van der Waals surface area (Å²) in [6.45, 7) is 2.17. The molecule has 1 aromatic rings. The van der Waals surface area contributed by atoms with Crippen molar-refractivity contribution >= 4 is 5.78 Å². The summed E-state index contributed by atoms with van der Waals surface area (Å²) in [6, 6.07) is 5.73. The molecule has 3 heteroatoms. The molecule has 3 nitrogen and oxygen atoms in total. The number of hydrogen-bond acceptors (Lipinski definition) is 3. The van der Waals surface area contributed by atoms with Crippen molar-refractivity contribution in [3.05, 3.63) is 29.3 Å². The molecule has 0 heterocycles. The third-order valence-corrected chi connectivity index (χ3v) is 5.43. The minimum absolute atomic E-state index is 0.00595. The maximum absolute atomic E-state index is 11.9. The Kier molecular flexibility index (Phi) is 4.03. The van der Waals surface area contributed by atoms with Crippen LogP contribution >= 0.6 is 0 Å².